The highest BCUT2D eigenvalue weighted by Gasteiger charge is 2.19. The van der Waals surface area contributed by atoms with Crippen molar-refractivity contribution in [3.05, 3.63) is 42.5 Å². The van der Waals surface area contributed by atoms with Crippen molar-refractivity contribution >= 4 is 30.8 Å². The molecule has 5 nitrogen and oxygen atoms in total. The van der Waals surface area contributed by atoms with Crippen molar-refractivity contribution < 1.29 is 0 Å². The highest BCUT2D eigenvalue weighted by molar-refractivity contribution is 5.85. The minimum absolute atomic E-state index is 0. The number of halogens is 2. The highest BCUT2D eigenvalue weighted by atomic mass is 35.5. The fourth-order valence-corrected chi connectivity index (χ4v) is 2.49. The van der Waals surface area contributed by atoms with Gasteiger partial charge in [0.15, 0.2) is 0 Å². The minimum Gasteiger partial charge on any atom is -0.340 e. The molecule has 7 heteroatoms. The summed E-state index contributed by atoms with van der Waals surface area (Å²) in [6.45, 7) is 5.11. The van der Waals surface area contributed by atoms with E-state index < -0.39 is 0 Å². The van der Waals surface area contributed by atoms with Crippen molar-refractivity contribution in [2.24, 2.45) is 7.05 Å². The van der Waals surface area contributed by atoms with Crippen LogP contribution in [0.3, 0.4) is 0 Å². The predicted octanol–water partition coefficient (Wildman–Crippen LogP) is 1.98. The van der Waals surface area contributed by atoms with Crippen LogP contribution in [0.2, 0.25) is 0 Å². The van der Waals surface area contributed by atoms with E-state index in [1.807, 2.05) is 37.8 Å². The van der Waals surface area contributed by atoms with Gasteiger partial charge < -0.3 is 9.47 Å². The van der Waals surface area contributed by atoms with Crippen LogP contribution in [-0.4, -0.2) is 45.6 Å². The van der Waals surface area contributed by atoms with E-state index in [2.05, 4.69) is 30.4 Å². The Morgan fingerprint density at radius 3 is 2.33 bits per heavy atom. The molecule has 0 atom stereocenters. The van der Waals surface area contributed by atoms with Gasteiger partial charge in [-0.05, 0) is 12.1 Å². The van der Waals surface area contributed by atoms with Crippen molar-refractivity contribution in [1.82, 2.24) is 19.4 Å². The second kappa shape index (κ2) is 8.22. The number of pyridine rings is 1. The molecule has 0 amide bonds. The number of nitrogens with zero attached hydrogens (tertiary/aromatic N) is 5. The molecule has 0 unspecified atom stereocenters. The van der Waals surface area contributed by atoms with Crippen LogP contribution < -0.4 is 4.90 Å². The molecule has 116 valence electrons. The van der Waals surface area contributed by atoms with Gasteiger partial charge in [-0.2, -0.15) is 0 Å². The van der Waals surface area contributed by atoms with Gasteiger partial charge in [0.2, 0.25) is 5.95 Å². The zero-order valence-corrected chi connectivity index (χ0v) is 13.7. The van der Waals surface area contributed by atoms with Gasteiger partial charge in [-0.3, -0.25) is 9.88 Å². The summed E-state index contributed by atoms with van der Waals surface area (Å²) in [6.07, 6.45) is 5.71. The van der Waals surface area contributed by atoms with E-state index in [1.54, 1.807) is 0 Å². The lowest BCUT2D eigenvalue weighted by Gasteiger charge is -2.35. The molecule has 21 heavy (non-hydrogen) atoms. The molecule has 0 aromatic carbocycles. The number of aromatic nitrogens is 3. The zero-order chi connectivity index (χ0) is 13.1. The Bertz CT molecular complexity index is 523. The quantitative estimate of drug-likeness (QED) is 0.862. The SMILES string of the molecule is Cl.Cl.Cn1ccnc1N1CCN(Cc2ccccn2)CC1. The number of imidazole rings is 1. The van der Waals surface area contributed by atoms with Gasteiger partial charge in [0.25, 0.3) is 0 Å². The lowest BCUT2D eigenvalue weighted by molar-refractivity contribution is 0.245. The lowest BCUT2D eigenvalue weighted by atomic mass is 10.3. The third kappa shape index (κ3) is 4.33. The topological polar surface area (TPSA) is 37.2 Å². The highest BCUT2D eigenvalue weighted by Crippen LogP contribution is 2.13. The third-order valence-corrected chi connectivity index (χ3v) is 3.56. The number of hydrogen-bond acceptors (Lipinski definition) is 4. The number of rotatable bonds is 3. The van der Waals surface area contributed by atoms with E-state index in [0.717, 1.165) is 44.4 Å². The van der Waals surface area contributed by atoms with Crippen LogP contribution in [0.25, 0.3) is 0 Å². The third-order valence-electron chi connectivity index (χ3n) is 3.56. The van der Waals surface area contributed by atoms with Crippen molar-refractivity contribution in [3.63, 3.8) is 0 Å². The van der Waals surface area contributed by atoms with E-state index in [1.165, 1.54) is 0 Å². The summed E-state index contributed by atoms with van der Waals surface area (Å²) in [7, 11) is 2.04. The second-order valence-electron chi connectivity index (χ2n) is 4.92. The monoisotopic (exact) mass is 329 g/mol. The molecule has 0 bridgehead atoms. The van der Waals surface area contributed by atoms with Crippen LogP contribution >= 0.6 is 24.8 Å². The molecule has 3 heterocycles. The molecule has 1 aliphatic rings. The number of aryl methyl sites for hydroxylation is 1. The Kier molecular flexibility index (Phi) is 6.95. The maximum Gasteiger partial charge on any atom is 0.205 e. The average Bonchev–Trinajstić information content (AvgIpc) is 2.87. The number of anilines is 1. The maximum atomic E-state index is 4.41. The standard InChI is InChI=1S/C14H19N5.2ClH/c1-17-7-6-16-14(17)19-10-8-18(9-11-19)12-13-4-2-3-5-15-13;;/h2-7H,8-12H2,1H3;2*1H. The molecule has 1 saturated heterocycles. The molecule has 0 spiro atoms. The van der Waals surface area contributed by atoms with Crippen LogP contribution in [0.4, 0.5) is 5.95 Å². The molecular formula is C14H21Cl2N5. The van der Waals surface area contributed by atoms with Crippen molar-refractivity contribution in [2.45, 2.75) is 6.54 Å². The number of hydrogen-bond donors (Lipinski definition) is 0. The largest absolute Gasteiger partial charge is 0.340 e. The van der Waals surface area contributed by atoms with Gasteiger partial charge in [-0.25, -0.2) is 4.98 Å². The molecular weight excluding hydrogens is 309 g/mol. The second-order valence-corrected chi connectivity index (χ2v) is 4.92. The van der Waals surface area contributed by atoms with Crippen molar-refractivity contribution in [1.29, 1.82) is 0 Å². The summed E-state index contributed by atoms with van der Waals surface area (Å²) in [5, 5.41) is 0. The van der Waals surface area contributed by atoms with E-state index in [0.29, 0.717) is 0 Å². The summed E-state index contributed by atoms with van der Waals surface area (Å²) in [6, 6.07) is 6.10. The Balaban J connectivity index is 0.00000110. The Morgan fingerprint density at radius 1 is 1.00 bits per heavy atom. The van der Waals surface area contributed by atoms with E-state index in [4.69, 9.17) is 0 Å². The first kappa shape index (κ1) is 17.8. The van der Waals surface area contributed by atoms with Crippen LogP contribution in [-0.2, 0) is 13.6 Å². The zero-order valence-electron chi connectivity index (χ0n) is 12.1. The Labute approximate surface area is 137 Å². The minimum atomic E-state index is 0. The molecule has 2 aromatic heterocycles. The Morgan fingerprint density at radius 2 is 1.76 bits per heavy atom. The summed E-state index contributed by atoms with van der Waals surface area (Å²) < 4.78 is 2.08. The average molecular weight is 330 g/mol. The summed E-state index contributed by atoms with van der Waals surface area (Å²) >= 11 is 0. The van der Waals surface area contributed by atoms with E-state index in [-0.39, 0.29) is 24.8 Å². The Hall–Kier alpha value is -1.30. The smallest absolute Gasteiger partial charge is 0.205 e. The van der Waals surface area contributed by atoms with Gasteiger partial charge in [0, 0.05) is 58.4 Å². The number of piperazine rings is 1. The first-order valence-electron chi connectivity index (χ1n) is 6.67. The van der Waals surface area contributed by atoms with Gasteiger partial charge in [0.05, 0.1) is 5.69 Å². The summed E-state index contributed by atoms with van der Waals surface area (Å²) in [5.41, 5.74) is 1.15. The first-order chi connectivity index (χ1) is 9.33. The lowest BCUT2D eigenvalue weighted by Crippen LogP contribution is -2.46. The van der Waals surface area contributed by atoms with Gasteiger partial charge in [-0.15, -0.1) is 24.8 Å². The molecule has 0 saturated carbocycles. The fourth-order valence-electron chi connectivity index (χ4n) is 2.49. The molecule has 0 radical (unpaired) electrons. The van der Waals surface area contributed by atoms with Gasteiger partial charge in [0.1, 0.15) is 0 Å². The molecule has 1 fully saturated rings. The summed E-state index contributed by atoms with van der Waals surface area (Å²) in [5.74, 6) is 1.07. The van der Waals surface area contributed by atoms with Crippen molar-refractivity contribution in [3.8, 4) is 0 Å². The van der Waals surface area contributed by atoms with Crippen LogP contribution in [0.5, 0.6) is 0 Å². The van der Waals surface area contributed by atoms with Crippen LogP contribution in [0.15, 0.2) is 36.8 Å². The molecule has 3 rings (SSSR count). The molecule has 0 N–H and O–H groups in total. The molecule has 1 aliphatic heterocycles. The van der Waals surface area contributed by atoms with E-state index >= 15 is 0 Å². The molecule has 0 aliphatic carbocycles. The predicted molar refractivity (Wildman–Crippen MR) is 89.4 cm³/mol. The van der Waals surface area contributed by atoms with Gasteiger partial charge >= 0.3 is 0 Å². The molecule has 2 aromatic rings. The first-order valence-corrected chi connectivity index (χ1v) is 6.67. The van der Waals surface area contributed by atoms with Crippen LogP contribution in [0.1, 0.15) is 5.69 Å². The van der Waals surface area contributed by atoms with Crippen molar-refractivity contribution in [2.75, 3.05) is 31.1 Å². The normalized spacial score (nSPS) is 15.2. The van der Waals surface area contributed by atoms with E-state index in [9.17, 15) is 0 Å². The maximum absolute atomic E-state index is 4.41. The van der Waals surface area contributed by atoms with Gasteiger partial charge in [-0.1, -0.05) is 6.07 Å². The van der Waals surface area contributed by atoms with Crippen LogP contribution in [0, 0.1) is 0 Å². The summed E-state index contributed by atoms with van der Waals surface area (Å²) in [4.78, 5) is 13.6. The fraction of sp³-hybridized carbons (Fsp3) is 0.429.